The molecular formula is C26H27N3O4S2. The van der Waals surface area contributed by atoms with E-state index in [2.05, 4.69) is 21.6 Å². The molecule has 3 heterocycles. The van der Waals surface area contributed by atoms with Gasteiger partial charge in [-0.05, 0) is 48.9 Å². The van der Waals surface area contributed by atoms with Gasteiger partial charge in [-0.25, -0.2) is 16.8 Å². The van der Waals surface area contributed by atoms with Crippen molar-refractivity contribution in [1.82, 2.24) is 9.55 Å². The van der Waals surface area contributed by atoms with Crippen molar-refractivity contribution in [3.05, 3.63) is 66.4 Å². The van der Waals surface area contributed by atoms with E-state index in [0.717, 1.165) is 44.8 Å². The third-order valence-corrected chi connectivity index (χ3v) is 9.42. The molecule has 0 unspecified atom stereocenters. The topological polar surface area (TPSA) is 89.3 Å². The summed E-state index contributed by atoms with van der Waals surface area (Å²) in [7, 11) is -4.16. The Morgan fingerprint density at radius 1 is 0.886 bits per heavy atom. The predicted octanol–water partition coefficient (Wildman–Crippen LogP) is 3.85. The molecule has 0 saturated carbocycles. The summed E-state index contributed by atoms with van der Waals surface area (Å²) in [4.78, 5) is 7.24. The molecule has 1 aliphatic heterocycles. The maximum atomic E-state index is 11.8. The molecule has 9 heteroatoms. The lowest BCUT2D eigenvalue weighted by molar-refractivity contribution is 0.586. The summed E-state index contributed by atoms with van der Waals surface area (Å²) in [6.45, 7) is 3.02. The number of sulfone groups is 2. The molecule has 0 amide bonds. The van der Waals surface area contributed by atoms with E-state index in [4.69, 9.17) is 4.98 Å². The highest BCUT2D eigenvalue weighted by Gasteiger charge is 2.22. The van der Waals surface area contributed by atoms with Crippen molar-refractivity contribution < 1.29 is 16.8 Å². The molecule has 35 heavy (non-hydrogen) atoms. The van der Waals surface area contributed by atoms with E-state index in [1.165, 1.54) is 6.26 Å². The summed E-state index contributed by atoms with van der Waals surface area (Å²) in [5.74, 6) is 0.387. The number of anilines is 1. The average molecular weight is 510 g/mol. The van der Waals surface area contributed by atoms with Gasteiger partial charge >= 0.3 is 0 Å². The number of hydrogen-bond donors (Lipinski definition) is 0. The Morgan fingerprint density at radius 3 is 2.09 bits per heavy atom. The first-order chi connectivity index (χ1) is 16.5. The fraction of sp³-hybridized carbons (Fsp3) is 0.269. The number of aromatic nitrogens is 2. The minimum atomic E-state index is -3.24. The van der Waals surface area contributed by atoms with Crippen LogP contribution in [-0.2, 0) is 26.7 Å². The zero-order valence-electron chi connectivity index (χ0n) is 19.9. The fourth-order valence-electron chi connectivity index (χ4n) is 4.60. The lowest BCUT2D eigenvalue weighted by Crippen LogP contribution is -2.40. The van der Waals surface area contributed by atoms with E-state index in [1.807, 2.05) is 50.4 Å². The number of pyridine rings is 1. The van der Waals surface area contributed by atoms with Crippen LogP contribution < -0.4 is 4.90 Å². The lowest BCUT2D eigenvalue weighted by atomic mass is 10.1. The highest BCUT2D eigenvalue weighted by atomic mass is 32.2. The van der Waals surface area contributed by atoms with Crippen LogP contribution in [0.3, 0.4) is 0 Å². The second kappa shape index (κ2) is 8.49. The highest BCUT2D eigenvalue weighted by molar-refractivity contribution is 7.91. The van der Waals surface area contributed by atoms with Gasteiger partial charge in [0, 0.05) is 54.4 Å². The Morgan fingerprint density at radius 2 is 1.49 bits per heavy atom. The standard InChI is InChI=1S/C26H27N3O4S2/c1-18-23-16-25(20-6-10-22(11-7-20)34(3,30)31)28(2)26(23)17-24(27-18)19-4-8-21(9-5-19)29-12-14-35(32,33)15-13-29/h4-11,16-17H,12-15H2,1-3H3. The van der Waals surface area contributed by atoms with E-state index >= 15 is 0 Å². The Bertz CT molecular complexity index is 1620. The van der Waals surface area contributed by atoms with Gasteiger partial charge in [0.2, 0.25) is 0 Å². The van der Waals surface area contributed by atoms with Gasteiger partial charge in [0.25, 0.3) is 0 Å². The molecule has 0 aliphatic carbocycles. The molecule has 1 fully saturated rings. The number of aryl methyl sites for hydroxylation is 2. The number of benzene rings is 2. The minimum absolute atomic E-state index is 0.193. The molecule has 0 atom stereocenters. The van der Waals surface area contributed by atoms with Gasteiger partial charge in [0.15, 0.2) is 19.7 Å². The predicted molar refractivity (Wildman–Crippen MR) is 140 cm³/mol. The van der Waals surface area contributed by atoms with E-state index in [-0.39, 0.29) is 11.5 Å². The molecule has 2 aromatic heterocycles. The fourth-order valence-corrected chi connectivity index (χ4v) is 6.43. The van der Waals surface area contributed by atoms with Gasteiger partial charge in [-0.15, -0.1) is 0 Å². The summed E-state index contributed by atoms with van der Waals surface area (Å²) < 4.78 is 49.1. The number of hydrogen-bond acceptors (Lipinski definition) is 6. The molecule has 1 aliphatic rings. The van der Waals surface area contributed by atoms with Gasteiger partial charge < -0.3 is 9.47 Å². The van der Waals surface area contributed by atoms with Crippen LogP contribution in [0.5, 0.6) is 0 Å². The summed E-state index contributed by atoms with van der Waals surface area (Å²) >= 11 is 0. The number of rotatable bonds is 4. The highest BCUT2D eigenvalue weighted by Crippen LogP contribution is 2.32. The summed E-state index contributed by atoms with van der Waals surface area (Å²) in [6.07, 6.45) is 1.21. The van der Waals surface area contributed by atoms with Crippen LogP contribution in [0.15, 0.2) is 65.6 Å². The Kier molecular flexibility index (Phi) is 5.72. The monoisotopic (exact) mass is 509 g/mol. The van der Waals surface area contributed by atoms with Crippen molar-refractivity contribution in [2.45, 2.75) is 11.8 Å². The number of fused-ring (bicyclic) bond motifs is 1. The van der Waals surface area contributed by atoms with Crippen LogP contribution in [-0.4, -0.2) is 57.2 Å². The van der Waals surface area contributed by atoms with Crippen LogP contribution >= 0.6 is 0 Å². The van der Waals surface area contributed by atoms with E-state index in [0.29, 0.717) is 18.0 Å². The van der Waals surface area contributed by atoms with Crippen molar-refractivity contribution in [2.24, 2.45) is 7.05 Å². The molecule has 182 valence electrons. The van der Waals surface area contributed by atoms with Crippen molar-refractivity contribution in [2.75, 3.05) is 35.8 Å². The molecule has 0 bridgehead atoms. The molecule has 2 aromatic carbocycles. The molecule has 0 N–H and O–H groups in total. The third kappa shape index (κ3) is 4.58. The second-order valence-electron chi connectivity index (χ2n) is 9.10. The van der Waals surface area contributed by atoms with Gasteiger partial charge in [0.05, 0.1) is 27.6 Å². The zero-order chi connectivity index (χ0) is 25.0. The van der Waals surface area contributed by atoms with Gasteiger partial charge in [-0.3, -0.25) is 4.98 Å². The first kappa shape index (κ1) is 23.6. The van der Waals surface area contributed by atoms with Gasteiger partial charge in [-0.2, -0.15) is 0 Å². The Hall–Kier alpha value is -3.17. The van der Waals surface area contributed by atoms with Crippen LogP contribution in [0.2, 0.25) is 0 Å². The van der Waals surface area contributed by atoms with Crippen LogP contribution in [0.25, 0.3) is 33.4 Å². The Labute approximate surface area is 205 Å². The molecular weight excluding hydrogens is 482 g/mol. The van der Waals surface area contributed by atoms with Crippen molar-refractivity contribution >= 4 is 36.3 Å². The minimum Gasteiger partial charge on any atom is -0.369 e. The van der Waals surface area contributed by atoms with Crippen LogP contribution in [0.1, 0.15) is 5.69 Å². The van der Waals surface area contributed by atoms with E-state index in [9.17, 15) is 16.8 Å². The largest absolute Gasteiger partial charge is 0.369 e. The summed E-state index contributed by atoms with van der Waals surface area (Å²) in [6, 6.07) is 19.2. The van der Waals surface area contributed by atoms with Crippen molar-refractivity contribution in [3.8, 4) is 22.5 Å². The van der Waals surface area contributed by atoms with Crippen LogP contribution in [0, 0.1) is 6.92 Å². The molecule has 7 nitrogen and oxygen atoms in total. The Balaban J connectivity index is 1.47. The van der Waals surface area contributed by atoms with Crippen LogP contribution in [0.4, 0.5) is 5.69 Å². The first-order valence-corrected chi connectivity index (χ1v) is 15.1. The van der Waals surface area contributed by atoms with Crippen molar-refractivity contribution in [1.29, 1.82) is 0 Å². The maximum Gasteiger partial charge on any atom is 0.175 e. The second-order valence-corrected chi connectivity index (χ2v) is 13.4. The smallest absolute Gasteiger partial charge is 0.175 e. The summed E-state index contributed by atoms with van der Waals surface area (Å²) in [5, 5.41) is 1.05. The molecule has 0 spiro atoms. The van der Waals surface area contributed by atoms with Gasteiger partial charge in [-0.1, -0.05) is 24.3 Å². The van der Waals surface area contributed by atoms with Gasteiger partial charge in [0.1, 0.15) is 0 Å². The normalized spacial score (nSPS) is 16.0. The molecule has 5 rings (SSSR count). The van der Waals surface area contributed by atoms with E-state index < -0.39 is 19.7 Å². The zero-order valence-corrected chi connectivity index (χ0v) is 21.5. The van der Waals surface area contributed by atoms with Crippen molar-refractivity contribution in [3.63, 3.8) is 0 Å². The average Bonchev–Trinajstić information content (AvgIpc) is 3.16. The lowest BCUT2D eigenvalue weighted by Gasteiger charge is -2.28. The molecule has 1 saturated heterocycles. The number of nitrogens with zero attached hydrogens (tertiary/aromatic N) is 3. The van der Waals surface area contributed by atoms with E-state index in [1.54, 1.807) is 12.1 Å². The summed E-state index contributed by atoms with van der Waals surface area (Å²) in [5.41, 5.74) is 6.74. The SMILES string of the molecule is Cc1nc(-c2ccc(N3CCS(=O)(=O)CC3)cc2)cc2c1cc(-c1ccc(S(C)(=O)=O)cc1)n2C. The molecule has 4 aromatic rings. The first-order valence-electron chi connectivity index (χ1n) is 11.4. The maximum absolute atomic E-state index is 11.8. The molecule has 0 radical (unpaired) electrons. The third-order valence-electron chi connectivity index (χ3n) is 6.68. The quantitative estimate of drug-likeness (QED) is 0.415.